The number of anilines is 1. The van der Waals surface area contributed by atoms with Gasteiger partial charge >= 0.3 is 0 Å². The van der Waals surface area contributed by atoms with Crippen molar-refractivity contribution in [3.63, 3.8) is 0 Å². The van der Waals surface area contributed by atoms with Crippen LogP contribution in [-0.2, 0) is 0 Å². The molecule has 0 saturated carbocycles. The molecule has 0 bridgehead atoms. The Hall–Kier alpha value is -0.510. The van der Waals surface area contributed by atoms with Gasteiger partial charge in [-0.25, -0.2) is 4.98 Å². The SMILES string of the molecule is Cl.Cl.c1ccc(N[C@H]2CCNC2)nc1. The van der Waals surface area contributed by atoms with Crippen LogP contribution in [0.1, 0.15) is 6.42 Å². The molecule has 1 aliphatic rings. The first kappa shape index (κ1) is 13.5. The van der Waals surface area contributed by atoms with Crippen LogP contribution in [0.2, 0.25) is 0 Å². The van der Waals surface area contributed by atoms with Gasteiger partial charge in [-0.3, -0.25) is 0 Å². The molecule has 80 valence electrons. The highest BCUT2D eigenvalue weighted by atomic mass is 35.5. The van der Waals surface area contributed by atoms with Crippen molar-refractivity contribution in [1.29, 1.82) is 0 Å². The van der Waals surface area contributed by atoms with Gasteiger partial charge < -0.3 is 10.6 Å². The highest BCUT2D eigenvalue weighted by Gasteiger charge is 2.13. The molecule has 0 aromatic carbocycles. The van der Waals surface area contributed by atoms with Crippen LogP contribution in [0.15, 0.2) is 24.4 Å². The van der Waals surface area contributed by atoms with Crippen molar-refractivity contribution in [3.05, 3.63) is 24.4 Å². The van der Waals surface area contributed by atoms with Crippen LogP contribution in [0, 0.1) is 0 Å². The minimum atomic E-state index is 0. The quantitative estimate of drug-likeness (QED) is 0.820. The molecule has 5 heteroatoms. The number of hydrogen-bond donors (Lipinski definition) is 2. The zero-order valence-electron chi connectivity index (χ0n) is 7.77. The first-order valence-electron chi connectivity index (χ1n) is 4.33. The van der Waals surface area contributed by atoms with Crippen molar-refractivity contribution in [2.75, 3.05) is 18.4 Å². The molecular formula is C9H15Cl2N3. The minimum absolute atomic E-state index is 0. The number of hydrogen-bond acceptors (Lipinski definition) is 3. The number of halogens is 2. The largest absolute Gasteiger partial charge is 0.366 e. The lowest BCUT2D eigenvalue weighted by Crippen LogP contribution is -2.22. The van der Waals surface area contributed by atoms with Gasteiger partial charge in [0.25, 0.3) is 0 Å². The van der Waals surface area contributed by atoms with E-state index in [1.807, 2.05) is 24.4 Å². The normalized spacial score (nSPS) is 19.3. The third-order valence-electron chi connectivity index (χ3n) is 2.08. The van der Waals surface area contributed by atoms with Crippen LogP contribution in [0.5, 0.6) is 0 Å². The average molecular weight is 236 g/mol. The van der Waals surface area contributed by atoms with Gasteiger partial charge in [-0.1, -0.05) is 6.07 Å². The Bertz CT molecular complexity index is 237. The molecule has 1 saturated heterocycles. The lowest BCUT2D eigenvalue weighted by atomic mass is 10.2. The topological polar surface area (TPSA) is 37.0 Å². The molecule has 3 nitrogen and oxygen atoms in total. The first-order valence-corrected chi connectivity index (χ1v) is 4.33. The molecule has 0 spiro atoms. The van der Waals surface area contributed by atoms with Crippen molar-refractivity contribution in [3.8, 4) is 0 Å². The summed E-state index contributed by atoms with van der Waals surface area (Å²) in [6.45, 7) is 2.17. The Morgan fingerprint density at radius 3 is 2.79 bits per heavy atom. The third kappa shape index (κ3) is 3.70. The summed E-state index contributed by atoms with van der Waals surface area (Å²) in [5, 5.41) is 6.67. The van der Waals surface area contributed by atoms with Crippen molar-refractivity contribution < 1.29 is 0 Å². The number of pyridine rings is 1. The van der Waals surface area contributed by atoms with Gasteiger partial charge in [0, 0.05) is 18.8 Å². The Balaban J connectivity index is 0.000000845. The Kier molecular flexibility index (Phi) is 6.62. The lowest BCUT2D eigenvalue weighted by Gasteiger charge is -2.10. The van der Waals surface area contributed by atoms with E-state index >= 15 is 0 Å². The van der Waals surface area contributed by atoms with Crippen molar-refractivity contribution in [1.82, 2.24) is 10.3 Å². The fraction of sp³-hybridized carbons (Fsp3) is 0.444. The minimum Gasteiger partial charge on any atom is -0.366 e. The van der Waals surface area contributed by atoms with E-state index < -0.39 is 0 Å². The van der Waals surface area contributed by atoms with Gasteiger partial charge in [0.05, 0.1) is 0 Å². The Morgan fingerprint density at radius 1 is 1.36 bits per heavy atom. The highest BCUT2D eigenvalue weighted by Crippen LogP contribution is 2.06. The maximum atomic E-state index is 4.20. The molecule has 0 aliphatic carbocycles. The van der Waals surface area contributed by atoms with E-state index in [0.29, 0.717) is 6.04 Å². The van der Waals surface area contributed by atoms with Gasteiger partial charge in [0.2, 0.25) is 0 Å². The molecule has 14 heavy (non-hydrogen) atoms. The summed E-state index contributed by atoms with van der Waals surface area (Å²) in [7, 11) is 0. The lowest BCUT2D eigenvalue weighted by molar-refractivity contribution is 0.788. The summed E-state index contributed by atoms with van der Waals surface area (Å²) < 4.78 is 0. The number of nitrogens with one attached hydrogen (secondary N) is 2. The molecule has 2 heterocycles. The second-order valence-corrected chi connectivity index (χ2v) is 3.05. The van der Waals surface area contributed by atoms with E-state index in [9.17, 15) is 0 Å². The van der Waals surface area contributed by atoms with Crippen LogP contribution in [0.4, 0.5) is 5.82 Å². The van der Waals surface area contributed by atoms with Crippen LogP contribution in [-0.4, -0.2) is 24.1 Å². The second-order valence-electron chi connectivity index (χ2n) is 3.05. The predicted molar refractivity (Wildman–Crippen MR) is 63.6 cm³/mol. The molecular weight excluding hydrogens is 221 g/mol. The van der Waals surface area contributed by atoms with Gasteiger partial charge in [0.15, 0.2) is 0 Å². The second kappa shape index (κ2) is 6.87. The zero-order valence-corrected chi connectivity index (χ0v) is 9.40. The molecule has 0 radical (unpaired) electrons. The van der Waals surface area contributed by atoms with E-state index in [1.54, 1.807) is 0 Å². The highest BCUT2D eigenvalue weighted by molar-refractivity contribution is 5.85. The Labute approximate surface area is 96.5 Å². The molecule has 1 aromatic heterocycles. The summed E-state index contributed by atoms with van der Waals surface area (Å²) in [5.41, 5.74) is 0. The van der Waals surface area contributed by atoms with Crippen molar-refractivity contribution in [2.45, 2.75) is 12.5 Å². The van der Waals surface area contributed by atoms with Crippen molar-refractivity contribution >= 4 is 30.6 Å². The van der Waals surface area contributed by atoms with E-state index in [4.69, 9.17) is 0 Å². The summed E-state index contributed by atoms with van der Waals surface area (Å²) in [6, 6.07) is 6.48. The first-order chi connectivity index (χ1) is 5.95. The third-order valence-corrected chi connectivity index (χ3v) is 2.08. The van der Waals surface area contributed by atoms with Gasteiger partial charge in [0.1, 0.15) is 5.82 Å². The molecule has 2 rings (SSSR count). The Morgan fingerprint density at radius 2 is 2.21 bits per heavy atom. The van der Waals surface area contributed by atoms with Crippen LogP contribution < -0.4 is 10.6 Å². The van der Waals surface area contributed by atoms with Gasteiger partial charge in [-0.05, 0) is 25.1 Å². The van der Waals surface area contributed by atoms with E-state index in [1.165, 1.54) is 6.42 Å². The predicted octanol–water partition coefficient (Wildman–Crippen LogP) is 1.70. The van der Waals surface area contributed by atoms with Gasteiger partial charge in [-0.15, -0.1) is 24.8 Å². The molecule has 1 atom stereocenters. The molecule has 1 aromatic rings. The smallest absolute Gasteiger partial charge is 0.126 e. The van der Waals surface area contributed by atoms with Crippen LogP contribution >= 0.6 is 24.8 Å². The van der Waals surface area contributed by atoms with Crippen LogP contribution in [0.3, 0.4) is 0 Å². The van der Waals surface area contributed by atoms with Crippen LogP contribution in [0.25, 0.3) is 0 Å². The molecule has 1 fully saturated rings. The number of nitrogens with zero attached hydrogens (tertiary/aromatic N) is 1. The summed E-state index contributed by atoms with van der Waals surface area (Å²) >= 11 is 0. The maximum absolute atomic E-state index is 4.20. The zero-order chi connectivity index (χ0) is 8.23. The summed E-state index contributed by atoms with van der Waals surface area (Å²) in [5.74, 6) is 0.978. The van der Waals surface area contributed by atoms with E-state index in [-0.39, 0.29) is 24.8 Å². The molecule has 0 amide bonds. The summed E-state index contributed by atoms with van der Waals surface area (Å²) in [6.07, 6.45) is 3.00. The van der Waals surface area contributed by atoms with E-state index in [0.717, 1.165) is 18.9 Å². The molecule has 2 N–H and O–H groups in total. The van der Waals surface area contributed by atoms with E-state index in [2.05, 4.69) is 15.6 Å². The monoisotopic (exact) mass is 235 g/mol. The van der Waals surface area contributed by atoms with Crippen molar-refractivity contribution in [2.24, 2.45) is 0 Å². The summed E-state index contributed by atoms with van der Waals surface area (Å²) in [4.78, 5) is 4.20. The molecule has 0 unspecified atom stereocenters. The number of aromatic nitrogens is 1. The standard InChI is InChI=1S/C9H13N3.2ClH/c1-2-5-11-9(3-1)12-8-4-6-10-7-8;;/h1-3,5,8,10H,4,6-7H2,(H,11,12);2*1H/t8-;;/m0../s1. The number of rotatable bonds is 2. The average Bonchev–Trinajstić information content (AvgIpc) is 2.59. The molecule has 1 aliphatic heterocycles. The van der Waals surface area contributed by atoms with Gasteiger partial charge in [-0.2, -0.15) is 0 Å². The fourth-order valence-corrected chi connectivity index (χ4v) is 1.44. The maximum Gasteiger partial charge on any atom is 0.126 e. The fourth-order valence-electron chi connectivity index (χ4n) is 1.44.